The van der Waals surface area contributed by atoms with Crippen LogP contribution in [0.4, 0.5) is 0 Å². The molecule has 13 heavy (non-hydrogen) atoms. The van der Waals surface area contributed by atoms with E-state index < -0.39 is 0 Å². The average molecular weight is 181 g/mol. The normalized spacial score (nSPS) is 20.0. The first kappa shape index (κ1) is 8.72. The maximum absolute atomic E-state index is 5.18. The molecule has 0 bridgehead atoms. The van der Waals surface area contributed by atoms with Gasteiger partial charge in [0.1, 0.15) is 6.26 Å². The zero-order valence-corrected chi connectivity index (χ0v) is 7.70. The van der Waals surface area contributed by atoms with E-state index in [-0.39, 0.29) is 0 Å². The highest BCUT2D eigenvalue weighted by atomic mass is 16.3. The number of rotatable bonds is 2. The van der Waals surface area contributed by atoms with Crippen molar-refractivity contribution >= 4 is 0 Å². The molecule has 0 amide bonds. The number of nitrogens with zero attached hydrogens (tertiary/aromatic N) is 2. The standard InChI is InChI=1S/C9H15N3O/c1-2-4-11-12(6-3-1)8-9-10-5-7-13-9/h5,7,11H,1-4,6,8H2. The molecule has 1 aromatic rings. The smallest absolute Gasteiger partial charge is 0.209 e. The van der Waals surface area contributed by atoms with Crippen molar-refractivity contribution < 1.29 is 4.42 Å². The Morgan fingerprint density at radius 2 is 2.46 bits per heavy atom. The van der Waals surface area contributed by atoms with Gasteiger partial charge >= 0.3 is 0 Å². The summed E-state index contributed by atoms with van der Waals surface area (Å²) < 4.78 is 5.18. The van der Waals surface area contributed by atoms with Gasteiger partial charge in [0.25, 0.3) is 0 Å². The second-order valence-corrected chi connectivity index (χ2v) is 3.32. The molecule has 72 valence electrons. The predicted molar refractivity (Wildman–Crippen MR) is 48.8 cm³/mol. The lowest BCUT2D eigenvalue weighted by Crippen LogP contribution is -2.37. The van der Waals surface area contributed by atoms with Gasteiger partial charge < -0.3 is 4.42 Å². The van der Waals surface area contributed by atoms with Gasteiger partial charge in [0.2, 0.25) is 5.89 Å². The second-order valence-electron chi connectivity index (χ2n) is 3.32. The Bertz CT molecular complexity index is 227. The fraction of sp³-hybridized carbons (Fsp3) is 0.667. The Morgan fingerprint density at radius 1 is 1.46 bits per heavy atom. The lowest BCUT2D eigenvalue weighted by Gasteiger charge is -2.18. The minimum Gasteiger partial charge on any atom is -0.448 e. The number of nitrogens with one attached hydrogen (secondary N) is 1. The van der Waals surface area contributed by atoms with Gasteiger partial charge in [0.05, 0.1) is 12.7 Å². The molecule has 0 saturated carbocycles. The summed E-state index contributed by atoms with van der Waals surface area (Å²) in [5.41, 5.74) is 3.35. The Morgan fingerprint density at radius 3 is 3.31 bits per heavy atom. The number of aromatic nitrogens is 1. The molecular weight excluding hydrogens is 166 g/mol. The van der Waals surface area contributed by atoms with Gasteiger partial charge in [-0.05, 0) is 12.8 Å². The zero-order chi connectivity index (χ0) is 8.93. The molecule has 1 aliphatic rings. The highest BCUT2D eigenvalue weighted by Gasteiger charge is 2.10. The van der Waals surface area contributed by atoms with Crippen LogP contribution in [0.2, 0.25) is 0 Å². The third kappa shape index (κ3) is 2.54. The van der Waals surface area contributed by atoms with E-state index in [0.29, 0.717) is 0 Å². The molecule has 4 heteroatoms. The van der Waals surface area contributed by atoms with Gasteiger partial charge in [-0.25, -0.2) is 9.99 Å². The quantitative estimate of drug-likeness (QED) is 0.743. The van der Waals surface area contributed by atoms with Gasteiger partial charge in [-0.1, -0.05) is 6.42 Å². The SMILES string of the molecule is c1coc(CN2CCCCCN2)n1. The van der Waals surface area contributed by atoms with Crippen LogP contribution in [0.25, 0.3) is 0 Å². The molecule has 2 heterocycles. The lowest BCUT2D eigenvalue weighted by molar-refractivity contribution is 0.173. The summed E-state index contributed by atoms with van der Waals surface area (Å²) in [6.45, 7) is 2.93. The fourth-order valence-corrected chi connectivity index (χ4v) is 1.55. The van der Waals surface area contributed by atoms with Gasteiger partial charge in [0, 0.05) is 13.1 Å². The maximum atomic E-state index is 5.18. The van der Waals surface area contributed by atoms with E-state index in [2.05, 4.69) is 15.4 Å². The molecule has 0 unspecified atom stereocenters. The molecule has 2 rings (SSSR count). The molecule has 4 nitrogen and oxygen atoms in total. The van der Waals surface area contributed by atoms with Crippen molar-refractivity contribution in [2.75, 3.05) is 13.1 Å². The van der Waals surface area contributed by atoms with E-state index in [1.807, 2.05) is 0 Å². The molecule has 0 spiro atoms. The van der Waals surface area contributed by atoms with Crippen LogP contribution in [-0.4, -0.2) is 23.1 Å². The Hall–Kier alpha value is -0.870. The molecule has 0 radical (unpaired) electrons. The van der Waals surface area contributed by atoms with Crippen molar-refractivity contribution in [3.8, 4) is 0 Å². The van der Waals surface area contributed by atoms with Crippen LogP contribution in [0.1, 0.15) is 25.2 Å². The third-order valence-corrected chi connectivity index (χ3v) is 2.25. The molecule has 0 aromatic carbocycles. The first-order valence-electron chi connectivity index (χ1n) is 4.82. The Labute approximate surface area is 77.9 Å². The highest BCUT2D eigenvalue weighted by molar-refractivity contribution is 4.79. The maximum Gasteiger partial charge on any atom is 0.209 e. The van der Waals surface area contributed by atoms with E-state index >= 15 is 0 Å². The van der Waals surface area contributed by atoms with Crippen molar-refractivity contribution in [3.05, 3.63) is 18.4 Å². The molecular formula is C9H15N3O. The second kappa shape index (κ2) is 4.39. The zero-order valence-electron chi connectivity index (χ0n) is 7.70. The van der Waals surface area contributed by atoms with Crippen LogP contribution in [0.5, 0.6) is 0 Å². The Kier molecular flexibility index (Phi) is 2.94. The van der Waals surface area contributed by atoms with Crippen molar-refractivity contribution in [2.45, 2.75) is 25.8 Å². The first-order valence-corrected chi connectivity index (χ1v) is 4.82. The summed E-state index contributed by atoms with van der Waals surface area (Å²) in [5, 5.41) is 2.18. The average Bonchev–Trinajstić information content (AvgIpc) is 2.49. The lowest BCUT2D eigenvalue weighted by atomic mass is 10.2. The minimum atomic E-state index is 0.771. The van der Waals surface area contributed by atoms with Crippen molar-refractivity contribution in [3.63, 3.8) is 0 Å². The summed E-state index contributed by atoms with van der Waals surface area (Å²) in [6.07, 6.45) is 7.14. The van der Waals surface area contributed by atoms with E-state index in [1.165, 1.54) is 19.3 Å². The number of hydrazine groups is 1. The molecule has 0 atom stereocenters. The van der Waals surface area contributed by atoms with Crippen molar-refractivity contribution in [1.82, 2.24) is 15.4 Å². The van der Waals surface area contributed by atoms with Gasteiger partial charge in [-0.15, -0.1) is 0 Å². The van der Waals surface area contributed by atoms with E-state index in [4.69, 9.17) is 4.42 Å². The van der Waals surface area contributed by atoms with Crippen LogP contribution >= 0.6 is 0 Å². The van der Waals surface area contributed by atoms with Gasteiger partial charge in [-0.2, -0.15) is 0 Å². The van der Waals surface area contributed by atoms with Crippen LogP contribution in [-0.2, 0) is 6.54 Å². The summed E-state index contributed by atoms with van der Waals surface area (Å²) in [5.74, 6) is 0.786. The van der Waals surface area contributed by atoms with Crippen molar-refractivity contribution in [1.29, 1.82) is 0 Å². The summed E-state index contributed by atoms with van der Waals surface area (Å²) in [6, 6.07) is 0. The van der Waals surface area contributed by atoms with Crippen molar-refractivity contribution in [2.24, 2.45) is 0 Å². The predicted octanol–water partition coefficient (Wildman–Crippen LogP) is 1.17. The molecule has 1 aliphatic heterocycles. The highest BCUT2D eigenvalue weighted by Crippen LogP contribution is 2.05. The van der Waals surface area contributed by atoms with E-state index in [0.717, 1.165) is 25.5 Å². The molecule has 1 aromatic heterocycles. The third-order valence-electron chi connectivity index (χ3n) is 2.25. The first-order chi connectivity index (χ1) is 6.45. The van der Waals surface area contributed by atoms with Crippen LogP contribution < -0.4 is 5.43 Å². The number of hydrogen-bond donors (Lipinski definition) is 1. The summed E-state index contributed by atoms with van der Waals surface area (Å²) >= 11 is 0. The van der Waals surface area contributed by atoms with Gasteiger partial charge in [0.15, 0.2) is 0 Å². The molecule has 0 aliphatic carbocycles. The van der Waals surface area contributed by atoms with Crippen LogP contribution in [0.15, 0.2) is 16.9 Å². The largest absolute Gasteiger partial charge is 0.448 e. The monoisotopic (exact) mass is 181 g/mol. The fourth-order valence-electron chi connectivity index (χ4n) is 1.55. The van der Waals surface area contributed by atoms with E-state index in [1.54, 1.807) is 12.5 Å². The molecule has 1 N–H and O–H groups in total. The van der Waals surface area contributed by atoms with Crippen LogP contribution in [0, 0.1) is 0 Å². The number of oxazole rings is 1. The number of hydrogen-bond acceptors (Lipinski definition) is 4. The Balaban J connectivity index is 1.86. The van der Waals surface area contributed by atoms with Gasteiger partial charge in [-0.3, -0.25) is 5.43 Å². The molecule has 1 fully saturated rings. The topological polar surface area (TPSA) is 41.3 Å². The summed E-state index contributed by atoms with van der Waals surface area (Å²) in [7, 11) is 0. The minimum absolute atomic E-state index is 0.771. The van der Waals surface area contributed by atoms with E-state index in [9.17, 15) is 0 Å². The molecule has 1 saturated heterocycles. The van der Waals surface area contributed by atoms with Crippen LogP contribution in [0.3, 0.4) is 0 Å². The summed E-state index contributed by atoms with van der Waals surface area (Å²) in [4.78, 5) is 4.09.